The maximum atomic E-state index is 12.7. The fraction of sp³-hybridized carbons (Fsp3) is 0.150. The lowest BCUT2D eigenvalue weighted by molar-refractivity contribution is 0.0952. The van der Waals surface area contributed by atoms with E-state index in [4.69, 9.17) is 10.00 Å². The Kier molecular flexibility index (Phi) is 5.49. The summed E-state index contributed by atoms with van der Waals surface area (Å²) in [6.45, 7) is 2.22. The Hall–Kier alpha value is -2.91. The predicted molar refractivity (Wildman–Crippen MR) is 103 cm³/mol. The highest BCUT2D eigenvalue weighted by Crippen LogP contribution is 2.22. The third kappa shape index (κ3) is 4.19. The number of halogens is 1. The minimum Gasteiger partial charge on any atom is -0.479 e. The van der Waals surface area contributed by atoms with Gasteiger partial charge in [0.25, 0.3) is 5.91 Å². The number of amides is 1. The maximum Gasteiger partial charge on any atom is 0.252 e. The lowest BCUT2D eigenvalue weighted by Gasteiger charge is -2.10. The number of carbonyl (C=O) groups excluding carboxylic acids is 1. The second-order valence-electron chi connectivity index (χ2n) is 5.75. The van der Waals surface area contributed by atoms with Crippen molar-refractivity contribution in [2.75, 3.05) is 6.61 Å². The number of nitrogens with one attached hydrogen (secondary N) is 1. The molecular weight excluding hydrogens is 394 g/mol. The van der Waals surface area contributed by atoms with Crippen LogP contribution in [0.2, 0.25) is 0 Å². The van der Waals surface area contributed by atoms with Crippen molar-refractivity contribution in [3.05, 3.63) is 69.8 Å². The number of benzene rings is 2. The van der Waals surface area contributed by atoms with Gasteiger partial charge < -0.3 is 10.1 Å². The Morgan fingerprint density at radius 2 is 2.12 bits per heavy atom. The molecular formula is C20H16BrN3O2. The lowest BCUT2D eigenvalue weighted by atomic mass is 10.1. The molecule has 0 atom stereocenters. The lowest BCUT2D eigenvalue weighted by Crippen LogP contribution is -2.23. The molecule has 1 heterocycles. The summed E-state index contributed by atoms with van der Waals surface area (Å²) < 4.78 is 6.21. The van der Waals surface area contributed by atoms with E-state index < -0.39 is 0 Å². The summed E-state index contributed by atoms with van der Waals surface area (Å²) in [6.07, 6.45) is 0. The molecule has 0 spiro atoms. The Morgan fingerprint density at radius 3 is 2.92 bits per heavy atom. The molecule has 5 nitrogen and oxygen atoms in total. The second-order valence-corrected chi connectivity index (χ2v) is 6.67. The summed E-state index contributed by atoms with van der Waals surface area (Å²) >= 11 is 3.43. The zero-order valence-corrected chi connectivity index (χ0v) is 15.7. The number of rotatable bonds is 5. The van der Waals surface area contributed by atoms with Gasteiger partial charge in [-0.2, -0.15) is 5.26 Å². The second kappa shape index (κ2) is 7.98. The molecule has 0 saturated carbocycles. The van der Waals surface area contributed by atoms with Crippen molar-refractivity contribution < 1.29 is 9.53 Å². The van der Waals surface area contributed by atoms with Crippen LogP contribution in [-0.4, -0.2) is 17.5 Å². The van der Waals surface area contributed by atoms with Gasteiger partial charge in [0, 0.05) is 22.1 Å². The first-order valence-electron chi connectivity index (χ1n) is 8.00. The molecule has 6 heteroatoms. The topological polar surface area (TPSA) is 75.0 Å². The number of ether oxygens (including phenoxy) is 1. The van der Waals surface area contributed by atoms with Crippen LogP contribution in [0.5, 0.6) is 5.75 Å². The normalized spacial score (nSPS) is 10.3. The van der Waals surface area contributed by atoms with Gasteiger partial charge in [-0.15, -0.1) is 0 Å². The zero-order chi connectivity index (χ0) is 18.5. The highest BCUT2D eigenvalue weighted by atomic mass is 79.9. The van der Waals surface area contributed by atoms with E-state index in [0.717, 1.165) is 26.6 Å². The van der Waals surface area contributed by atoms with Crippen LogP contribution in [0, 0.1) is 18.3 Å². The molecule has 0 aliphatic rings. The number of hydrogen-bond donors (Lipinski definition) is 1. The number of nitriles is 1. The van der Waals surface area contributed by atoms with Crippen molar-refractivity contribution in [1.82, 2.24) is 10.3 Å². The van der Waals surface area contributed by atoms with Gasteiger partial charge in [-0.3, -0.25) is 9.78 Å². The monoisotopic (exact) mass is 409 g/mol. The van der Waals surface area contributed by atoms with Gasteiger partial charge in [-0.05, 0) is 42.8 Å². The van der Waals surface area contributed by atoms with Crippen LogP contribution in [0.1, 0.15) is 21.6 Å². The molecule has 1 N–H and O–H groups in total. The summed E-state index contributed by atoms with van der Waals surface area (Å²) in [7, 11) is 0. The van der Waals surface area contributed by atoms with Gasteiger partial charge in [0.05, 0.1) is 11.1 Å². The molecule has 130 valence electrons. The average Bonchev–Trinajstić information content (AvgIpc) is 2.63. The molecule has 3 aromatic rings. The van der Waals surface area contributed by atoms with Crippen molar-refractivity contribution in [1.29, 1.82) is 5.26 Å². The summed E-state index contributed by atoms with van der Waals surface area (Å²) in [5.74, 6) is 0.444. The summed E-state index contributed by atoms with van der Waals surface area (Å²) in [5, 5.41) is 12.3. The van der Waals surface area contributed by atoms with E-state index in [-0.39, 0.29) is 12.5 Å². The molecule has 0 bridgehead atoms. The average molecular weight is 410 g/mol. The van der Waals surface area contributed by atoms with Gasteiger partial charge >= 0.3 is 0 Å². The minimum absolute atomic E-state index is 0.00630. The smallest absolute Gasteiger partial charge is 0.252 e. The molecule has 0 fully saturated rings. The van der Waals surface area contributed by atoms with Crippen LogP contribution < -0.4 is 10.1 Å². The summed E-state index contributed by atoms with van der Waals surface area (Å²) in [5.41, 5.74) is 3.05. The third-order valence-electron chi connectivity index (χ3n) is 3.80. The van der Waals surface area contributed by atoms with Crippen LogP contribution in [0.15, 0.2) is 53.0 Å². The Bertz CT molecular complexity index is 1010. The molecule has 2 aromatic carbocycles. The highest BCUT2D eigenvalue weighted by molar-refractivity contribution is 9.10. The molecule has 0 saturated heterocycles. The number of nitrogens with zero attached hydrogens (tertiary/aromatic N) is 2. The van der Waals surface area contributed by atoms with Crippen molar-refractivity contribution in [3.8, 4) is 11.8 Å². The number of fused-ring (bicyclic) bond motifs is 1. The standard InChI is InChI=1S/C20H16BrN3O2/c1-13-9-18(17-6-5-15(21)11-19(17)24-13)20(25)23-12-14-3-2-4-16(10-14)26-8-7-22/h2-6,9-11H,8,12H2,1H3,(H,23,25). The van der Waals surface area contributed by atoms with Gasteiger partial charge in [0.15, 0.2) is 6.61 Å². The van der Waals surface area contributed by atoms with Crippen LogP contribution in [-0.2, 0) is 6.54 Å². The van der Waals surface area contributed by atoms with E-state index in [1.807, 2.05) is 49.4 Å². The van der Waals surface area contributed by atoms with Crippen molar-refractivity contribution >= 4 is 32.7 Å². The molecule has 0 aliphatic heterocycles. The largest absolute Gasteiger partial charge is 0.479 e. The first-order chi connectivity index (χ1) is 12.6. The number of aryl methyl sites for hydroxylation is 1. The Balaban J connectivity index is 1.79. The molecule has 3 rings (SSSR count). The maximum absolute atomic E-state index is 12.7. The van der Waals surface area contributed by atoms with Crippen LogP contribution >= 0.6 is 15.9 Å². The highest BCUT2D eigenvalue weighted by Gasteiger charge is 2.12. The Labute approximate surface area is 159 Å². The van der Waals surface area contributed by atoms with Crippen molar-refractivity contribution in [2.24, 2.45) is 0 Å². The molecule has 0 radical (unpaired) electrons. The Morgan fingerprint density at radius 1 is 1.27 bits per heavy atom. The van der Waals surface area contributed by atoms with Crippen molar-refractivity contribution in [2.45, 2.75) is 13.5 Å². The molecule has 26 heavy (non-hydrogen) atoms. The summed E-state index contributed by atoms with van der Waals surface area (Å²) in [6, 6.07) is 16.7. The summed E-state index contributed by atoms with van der Waals surface area (Å²) in [4.78, 5) is 17.2. The number of carbonyl (C=O) groups is 1. The number of hydrogen-bond acceptors (Lipinski definition) is 4. The number of pyridine rings is 1. The first kappa shape index (κ1) is 17.9. The van der Waals surface area contributed by atoms with Gasteiger partial charge in [-0.1, -0.05) is 34.1 Å². The van der Waals surface area contributed by atoms with Crippen molar-refractivity contribution in [3.63, 3.8) is 0 Å². The SMILES string of the molecule is Cc1cc(C(=O)NCc2cccc(OCC#N)c2)c2ccc(Br)cc2n1. The van der Waals surface area contributed by atoms with Gasteiger partial charge in [0.2, 0.25) is 0 Å². The van der Waals surface area contributed by atoms with Gasteiger partial charge in [0.1, 0.15) is 11.8 Å². The van der Waals surface area contributed by atoms with Gasteiger partial charge in [-0.25, -0.2) is 0 Å². The minimum atomic E-state index is -0.161. The zero-order valence-electron chi connectivity index (χ0n) is 14.1. The van der Waals surface area contributed by atoms with Crippen LogP contribution in [0.25, 0.3) is 10.9 Å². The first-order valence-corrected chi connectivity index (χ1v) is 8.80. The fourth-order valence-corrected chi connectivity index (χ4v) is 3.01. The van der Waals surface area contributed by atoms with Crippen LogP contribution in [0.3, 0.4) is 0 Å². The third-order valence-corrected chi connectivity index (χ3v) is 4.29. The van der Waals surface area contributed by atoms with E-state index in [9.17, 15) is 4.79 Å². The predicted octanol–water partition coefficient (Wildman–Crippen LogP) is 4.14. The molecule has 0 unspecified atom stereocenters. The van der Waals surface area contributed by atoms with E-state index in [1.54, 1.807) is 12.1 Å². The molecule has 1 amide bonds. The fourth-order valence-electron chi connectivity index (χ4n) is 2.66. The quantitative estimate of drug-likeness (QED) is 0.686. The molecule has 1 aromatic heterocycles. The van der Waals surface area contributed by atoms with E-state index in [2.05, 4.69) is 26.2 Å². The molecule has 0 aliphatic carbocycles. The van der Waals surface area contributed by atoms with E-state index in [0.29, 0.717) is 17.9 Å². The van der Waals surface area contributed by atoms with E-state index in [1.165, 1.54) is 0 Å². The number of aromatic nitrogens is 1. The van der Waals surface area contributed by atoms with Crippen LogP contribution in [0.4, 0.5) is 0 Å². The van der Waals surface area contributed by atoms with E-state index >= 15 is 0 Å².